The Bertz CT molecular complexity index is 1630. The number of carbonyl (C=O) groups is 2. The number of sulfonamides is 1. The van der Waals surface area contributed by atoms with Gasteiger partial charge < -0.3 is 15.8 Å². The first-order valence-electron chi connectivity index (χ1n) is 12.6. The van der Waals surface area contributed by atoms with Crippen molar-refractivity contribution in [2.24, 2.45) is 15.2 Å². The van der Waals surface area contributed by atoms with Gasteiger partial charge in [-0.15, -0.1) is 4.40 Å². The zero-order valence-electron chi connectivity index (χ0n) is 22.2. The van der Waals surface area contributed by atoms with E-state index in [2.05, 4.69) is 14.8 Å². The highest BCUT2D eigenvalue weighted by Crippen LogP contribution is 2.32. The number of amides is 1. The topological polar surface area (TPSA) is 144 Å². The molecule has 0 aliphatic carbocycles. The van der Waals surface area contributed by atoms with Gasteiger partial charge in [0.05, 0.1) is 29.3 Å². The fraction of sp³-hybridized carbons (Fsp3) is 0.214. The van der Waals surface area contributed by atoms with Gasteiger partial charge in [0, 0.05) is 11.6 Å². The van der Waals surface area contributed by atoms with Crippen molar-refractivity contribution in [3.8, 4) is 0 Å². The van der Waals surface area contributed by atoms with E-state index in [1.165, 1.54) is 5.01 Å². The molecule has 1 unspecified atom stereocenters. The number of hydrogen-bond donors (Lipinski definition) is 2. The van der Waals surface area contributed by atoms with Crippen molar-refractivity contribution in [3.63, 3.8) is 0 Å². The largest absolute Gasteiger partial charge is 0.466 e. The molecule has 14 heteroatoms. The Morgan fingerprint density at radius 2 is 1.76 bits per heavy atom. The zero-order chi connectivity index (χ0) is 30.5. The highest BCUT2D eigenvalue weighted by atomic mass is 32.2. The van der Waals surface area contributed by atoms with Crippen LogP contribution in [0.15, 0.2) is 93.3 Å². The van der Waals surface area contributed by atoms with Crippen molar-refractivity contribution >= 4 is 39.3 Å². The van der Waals surface area contributed by atoms with Gasteiger partial charge in [0.1, 0.15) is 6.42 Å². The third kappa shape index (κ3) is 7.32. The van der Waals surface area contributed by atoms with E-state index in [0.29, 0.717) is 23.0 Å². The van der Waals surface area contributed by atoms with Gasteiger partial charge in [0.25, 0.3) is 10.0 Å². The first kappa shape index (κ1) is 30.2. The number of benzene rings is 3. The minimum Gasteiger partial charge on any atom is -0.466 e. The lowest BCUT2D eigenvalue weighted by Crippen LogP contribution is -2.33. The van der Waals surface area contributed by atoms with Crippen molar-refractivity contribution < 1.29 is 35.9 Å². The maximum absolute atomic E-state index is 13.1. The van der Waals surface area contributed by atoms with E-state index in [-0.39, 0.29) is 19.1 Å². The predicted molar refractivity (Wildman–Crippen MR) is 149 cm³/mol. The van der Waals surface area contributed by atoms with E-state index in [4.69, 9.17) is 10.5 Å². The first-order chi connectivity index (χ1) is 19.9. The Kier molecular flexibility index (Phi) is 8.95. The summed E-state index contributed by atoms with van der Waals surface area (Å²) in [5.41, 5.74) is 7.31. The van der Waals surface area contributed by atoms with Gasteiger partial charge in [-0.3, -0.25) is 9.59 Å². The number of nitrogens with zero attached hydrogens (tertiary/aromatic N) is 3. The van der Waals surface area contributed by atoms with Crippen LogP contribution in [0.4, 0.5) is 18.9 Å². The van der Waals surface area contributed by atoms with Crippen LogP contribution in [0.2, 0.25) is 0 Å². The first-order valence-corrected chi connectivity index (χ1v) is 14.1. The fourth-order valence-corrected chi connectivity index (χ4v) is 5.15. The van der Waals surface area contributed by atoms with Crippen LogP contribution in [0, 0.1) is 0 Å². The molecule has 1 atom stereocenters. The summed E-state index contributed by atoms with van der Waals surface area (Å²) in [4.78, 5) is 23.0. The molecule has 0 spiro atoms. The average Bonchev–Trinajstić information content (AvgIpc) is 3.39. The molecule has 42 heavy (non-hydrogen) atoms. The van der Waals surface area contributed by atoms with Gasteiger partial charge in [0.15, 0.2) is 0 Å². The Balaban J connectivity index is 1.61. The number of anilines is 1. The SMILES string of the molecule is CCOC(=O)CC(=O)Nc1ccc(C2=NN(/C(N)=N/S(=O)(=O)c3cccc(C(F)(F)F)c3)CC2c2ccccc2)cc1. The summed E-state index contributed by atoms with van der Waals surface area (Å²) in [6.45, 7) is 1.90. The van der Waals surface area contributed by atoms with Crippen molar-refractivity contribution in [2.75, 3.05) is 18.5 Å². The van der Waals surface area contributed by atoms with Crippen molar-refractivity contribution in [1.29, 1.82) is 0 Å². The monoisotopic (exact) mass is 601 g/mol. The maximum Gasteiger partial charge on any atom is 0.416 e. The van der Waals surface area contributed by atoms with Crippen LogP contribution in [0.3, 0.4) is 0 Å². The Hall–Kier alpha value is -4.72. The number of rotatable bonds is 8. The van der Waals surface area contributed by atoms with E-state index in [9.17, 15) is 31.2 Å². The molecule has 1 aliphatic rings. The molecule has 1 aliphatic heterocycles. The van der Waals surface area contributed by atoms with Gasteiger partial charge in [-0.25, -0.2) is 5.01 Å². The summed E-state index contributed by atoms with van der Waals surface area (Å²) in [5, 5.41) is 8.28. The van der Waals surface area contributed by atoms with Crippen LogP contribution in [-0.2, 0) is 30.5 Å². The van der Waals surface area contributed by atoms with Gasteiger partial charge in [-0.05, 0) is 48.4 Å². The molecule has 1 amide bonds. The number of nitrogens with one attached hydrogen (secondary N) is 1. The lowest BCUT2D eigenvalue weighted by molar-refractivity contribution is -0.145. The number of hydrogen-bond acceptors (Lipinski definition) is 6. The molecule has 3 N–H and O–H groups in total. The number of carbonyl (C=O) groups excluding carboxylic acids is 2. The van der Waals surface area contributed by atoms with Crippen LogP contribution in [0.5, 0.6) is 0 Å². The molecule has 10 nitrogen and oxygen atoms in total. The summed E-state index contributed by atoms with van der Waals surface area (Å²) in [5.74, 6) is -2.09. The molecule has 0 saturated carbocycles. The van der Waals surface area contributed by atoms with E-state index in [0.717, 1.165) is 23.8 Å². The Labute approximate surface area is 239 Å². The normalized spacial score (nSPS) is 15.7. The summed E-state index contributed by atoms with van der Waals surface area (Å²) in [6, 6.07) is 19.0. The van der Waals surface area contributed by atoms with Crippen molar-refractivity contribution in [1.82, 2.24) is 5.01 Å². The maximum atomic E-state index is 13.1. The molecular weight excluding hydrogens is 575 g/mol. The number of alkyl halides is 3. The van der Waals surface area contributed by atoms with E-state index >= 15 is 0 Å². The molecular formula is C28H26F3N5O5S. The average molecular weight is 602 g/mol. The van der Waals surface area contributed by atoms with Crippen LogP contribution in [0.25, 0.3) is 0 Å². The fourth-order valence-electron chi connectivity index (χ4n) is 4.18. The van der Waals surface area contributed by atoms with Gasteiger partial charge in [-0.2, -0.15) is 26.7 Å². The standard InChI is InChI=1S/C28H26F3N5O5S/c1-2-41-25(38)16-24(37)33-21-13-11-19(12-14-21)26-23(18-7-4-3-5-8-18)17-36(34-26)27(32)35-42(39,40)22-10-6-9-20(15-22)28(29,30)31/h3-15,23H,2,16-17H2,1H3,(H2,32,35)(H,33,37). The zero-order valence-corrected chi connectivity index (χ0v) is 23.0. The van der Waals surface area contributed by atoms with Crippen molar-refractivity contribution in [2.45, 2.75) is 30.3 Å². The lowest BCUT2D eigenvalue weighted by Gasteiger charge is -2.16. The van der Waals surface area contributed by atoms with Gasteiger partial charge >= 0.3 is 12.1 Å². The third-order valence-electron chi connectivity index (χ3n) is 6.13. The summed E-state index contributed by atoms with van der Waals surface area (Å²) >= 11 is 0. The molecule has 3 aromatic rings. The van der Waals surface area contributed by atoms with Crippen LogP contribution >= 0.6 is 0 Å². The highest BCUT2D eigenvalue weighted by molar-refractivity contribution is 7.90. The quantitative estimate of drug-likeness (QED) is 0.171. The minimum absolute atomic E-state index is 0.102. The summed E-state index contributed by atoms with van der Waals surface area (Å²) in [7, 11) is -4.59. The molecule has 3 aromatic carbocycles. The van der Waals surface area contributed by atoms with Crippen molar-refractivity contribution in [3.05, 3.63) is 95.6 Å². The minimum atomic E-state index is -4.74. The van der Waals surface area contributed by atoms with E-state index in [1.807, 2.05) is 30.3 Å². The number of nitrogens with two attached hydrogens (primary N) is 1. The summed E-state index contributed by atoms with van der Waals surface area (Å²) < 4.78 is 73.4. The van der Waals surface area contributed by atoms with E-state index in [1.54, 1.807) is 31.2 Å². The number of ether oxygens (including phenoxy) is 1. The smallest absolute Gasteiger partial charge is 0.416 e. The second-order valence-electron chi connectivity index (χ2n) is 9.09. The second-order valence-corrected chi connectivity index (χ2v) is 10.7. The van der Waals surface area contributed by atoms with Gasteiger partial charge in [0.2, 0.25) is 11.9 Å². The summed E-state index contributed by atoms with van der Waals surface area (Å²) in [6.07, 6.45) is -5.17. The molecule has 0 radical (unpaired) electrons. The molecule has 0 fully saturated rings. The highest BCUT2D eigenvalue weighted by Gasteiger charge is 2.33. The predicted octanol–water partition coefficient (Wildman–Crippen LogP) is 4.10. The van der Waals surface area contributed by atoms with Crippen LogP contribution in [-0.4, -0.2) is 50.1 Å². The molecule has 0 saturated heterocycles. The number of halogens is 3. The van der Waals surface area contributed by atoms with Crippen LogP contribution in [0.1, 0.15) is 36.0 Å². The Morgan fingerprint density at radius 3 is 2.40 bits per heavy atom. The van der Waals surface area contributed by atoms with E-state index < -0.39 is 50.9 Å². The molecule has 4 rings (SSSR count). The number of guanidine groups is 1. The second kappa shape index (κ2) is 12.4. The van der Waals surface area contributed by atoms with Gasteiger partial charge in [-0.1, -0.05) is 48.5 Å². The van der Waals surface area contributed by atoms with Crippen LogP contribution < -0.4 is 11.1 Å². The molecule has 0 aromatic heterocycles. The third-order valence-corrected chi connectivity index (χ3v) is 7.41. The molecule has 0 bridgehead atoms. The molecule has 1 heterocycles. The number of hydrazone groups is 1. The Morgan fingerprint density at radius 1 is 1.07 bits per heavy atom. The molecule has 220 valence electrons. The number of esters is 1. The lowest BCUT2D eigenvalue weighted by atomic mass is 9.90.